The van der Waals surface area contributed by atoms with E-state index in [1.807, 2.05) is 0 Å². The van der Waals surface area contributed by atoms with Crippen molar-refractivity contribution in [2.75, 3.05) is 0 Å². The van der Waals surface area contributed by atoms with Gasteiger partial charge in [0.2, 0.25) is 0 Å². The van der Waals surface area contributed by atoms with Crippen LogP contribution in [-0.4, -0.2) is 28.1 Å². The van der Waals surface area contributed by atoms with Gasteiger partial charge in [-0.25, -0.2) is 4.79 Å². The van der Waals surface area contributed by atoms with Gasteiger partial charge in [0.15, 0.2) is 0 Å². The van der Waals surface area contributed by atoms with Crippen molar-refractivity contribution in [2.45, 2.75) is 6.92 Å². The van der Waals surface area contributed by atoms with Gasteiger partial charge in [0.25, 0.3) is 5.91 Å². The molecule has 2 aromatic rings. The number of amides is 1. The van der Waals surface area contributed by atoms with Crippen LogP contribution in [0.15, 0.2) is 48.5 Å². The van der Waals surface area contributed by atoms with Gasteiger partial charge in [-0.2, -0.15) is 0 Å². The number of aromatic hydroxyl groups is 2. The number of benzene rings is 2. The second-order valence-corrected chi connectivity index (χ2v) is 4.28. The van der Waals surface area contributed by atoms with E-state index in [1.54, 1.807) is 24.3 Å². The SMILES string of the molecule is CC(=O)OC(=O)c1ccccc1O.NC(=O)c1ccccc1O. The summed E-state index contributed by atoms with van der Waals surface area (Å²) in [6.07, 6.45) is 0. The number of rotatable bonds is 2. The number of esters is 2. The zero-order valence-corrected chi connectivity index (χ0v) is 12.2. The highest BCUT2D eigenvalue weighted by molar-refractivity contribution is 5.98. The number of phenols is 2. The smallest absolute Gasteiger partial charge is 0.349 e. The summed E-state index contributed by atoms with van der Waals surface area (Å²) in [4.78, 5) is 32.0. The van der Waals surface area contributed by atoms with Crippen molar-refractivity contribution >= 4 is 17.8 Å². The van der Waals surface area contributed by atoms with Crippen molar-refractivity contribution in [1.82, 2.24) is 0 Å². The second kappa shape index (κ2) is 8.18. The minimum Gasteiger partial charge on any atom is -0.507 e. The zero-order chi connectivity index (χ0) is 17.4. The van der Waals surface area contributed by atoms with Crippen molar-refractivity contribution in [2.24, 2.45) is 5.73 Å². The van der Waals surface area contributed by atoms with Crippen LogP contribution in [0.2, 0.25) is 0 Å². The summed E-state index contributed by atoms with van der Waals surface area (Å²) in [6.45, 7) is 1.12. The van der Waals surface area contributed by atoms with Crippen molar-refractivity contribution in [3.63, 3.8) is 0 Å². The van der Waals surface area contributed by atoms with E-state index in [0.717, 1.165) is 6.92 Å². The summed E-state index contributed by atoms with van der Waals surface area (Å²) < 4.78 is 4.28. The first-order chi connectivity index (χ1) is 10.8. The number of hydrogen-bond acceptors (Lipinski definition) is 6. The first kappa shape index (κ1) is 17.7. The molecule has 7 heteroatoms. The number of carbonyl (C=O) groups excluding carboxylic acids is 3. The molecule has 120 valence electrons. The highest BCUT2D eigenvalue weighted by Crippen LogP contribution is 2.16. The largest absolute Gasteiger partial charge is 0.507 e. The third kappa shape index (κ3) is 5.50. The number of hydrogen-bond donors (Lipinski definition) is 3. The van der Waals surface area contributed by atoms with Crippen molar-refractivity contribution in [3.05, 3.63) is 59.7 Å². The minimum absolute atomic E-state index is 0.0160. The van der Waals surface area contributed by atoms with Crippen molar-refractivity contribution in [3.8, 4) is 11.5 Å². The fourth-order valence-corrected chi connectivity index (χ4v) is 1.51. The number of nitrogens with two attached hydrogens (primary N) is 1. The first-order valence-electron chi connectivity index (χ1n) is 6.41. The fraction of sp³-hybridized carbons (Fsp3) is 0.0625. The predicted octanol–water partition coefficient (Wildman–Crippen LogP) is 1.59. The Kier molecular flexibility index (Phi) is 6.30. The van der Waals surface area contributed by atoms with E-state index in [-0.39, 0.29) is 22.6 Å². The Labute approximate surface area is 131 Å². The monoisotopic (exact) mass is 317 g/mol. The van der Waals surface area contributed by atoms with Crippen LogP contribution >= 0.6 is 0 Å². The van der Waals surface area contributed by atoms with Gasteiger partial charge in [0.1, 0.15) is 17.1 Å². The summed E-state index contributed by atoms with van der Waals surface area (Å²) in [5.41, 5.74) is 5.05. The number of para-hydroxylation sites is 2. The van der Waals surface area contributed by atoms with Crippen LogP contribution in [0, 0.1) is 0 Å². The van der Waals surface area contributed by atoms with Crippen LogP contribution in [0.5, 0.6) is 11.5 Å². The van der Waals surface area contributed by atoms with Crippen molar-refractivity contribution < 1.29 is 29.3 Å². The lowest BCUT2D eigenvalue weighted by Crippen LogP contribution is -2.10. The van der Waals surface area contributed by atoms with Gasteiger partial charge in [-0.3, -0.25) is 9.59 Å². The van der Waals surface area contributed by atoms with E-state index in [4.69, 9.17) is 10.8 Å². The summed E-state index contributed by atoms with van der Waals surface area (Å²) in [5.74, 6) is -2.43. The fourth-order valence-electron chi connectivity index (χ4n) is 1.51. The Morgan fingerprint density at radius 1 is 0.870 bits per heavy atom. The maximum atomic E-state index is 11.1. The maximum absolute atomic E-state index is 11.1. The van der Waals surface area contributed by atoms with Crippen LogP contribution in [0.1, 0.15) is 27.6 Å². The van der Waals surface area contributed by atoms with E-state index < -0.39 is 17.8 Å². The van der Waals surface area contributed by atoms with E-state index in [1.165, 1.54) is 24.3 Å². The molecule has 0 aliphatic carbocycles. The predicted molar refractivity (Wildman–Crippen MR) is 80.8 cm³/mol. The average Bonchev–Trinajstić information content (AvgIpc) is 2.47. The molecule has 0 saturated carbocycles. The lowest BCUT2D eigenvalue weighted by molar-refractivity contribution is -0.135. The van der Waals surface area contributed by atoms with Crippen LogP contribution in [0.3, 0.4) is 0 Å². The van der Waals surface area contributed by atoms with Crippen LogP contribution < -0.4 is 5.73 Å². The van der Waals surface area contributed by atoms with Gasteiger partial charge in [-0.1, -0.05) is 24.3 Å². The molecule has 4 N–H and O–H groups in total. The van der Waals surface area contributed by atoms with Crippen LogP contribution in [-0.2, 0) is 9.53 Å². The maximum Gasteiger partial charge on any atom is 0.349 e. The Balaban J connectivity index is 0.000000238. The van der Waals surface area contributed by atoms with Gasteiger partial charge in [-0.05, 0) is 24.3 Å². The molecule has 0 spiro atoms. The van der Waals surface area contributed by atoms with Gasteiger partial charge in [0.05, 0.1) is 5.56 Å². The van der Waals surface area contributed by atoms with Crippen LogP contribution in [0.25, 0.3) is 0 Å². The lowest BCUT2D eigenvalue weighted by atomic mass is 10.2. The minimum atomic E-state index is -0.842. The summed E-state index contributed by atoms with van der Waals surface area (Å²) in [5, 5.41) is 18.2. The molecule has 0 atom stereocenters. The molecule has 2 aromatic carbocycles. The molecular weight excluding hydrogens is 302 g/mol. The molecule has 0 aliphatic heterocycles. The first-order valence-corrected chi connectivity index (χ1v) is 6.41. The summed E-state index contributed by atoms with van der Waals surface area (Å²) in [6, 6.07) is 12.0. The number of phenolic OH excluding ortho intramolecular Hbond substituents is 1. The third-order valence-corrected chi connectivity index (χ3v) is 2.53. The zero-order valence-electron chi connectivity index (χ0n) is 12.2. The summed E-state index contributed by atoms with van der Waals surface area (Å²) >= 11 is 0. The molecule has 0 unspecified atom stereocenters. The molecule has 0 saturated heterocycles. The van der Waals surface area contributed by atoms with E-state index in [2.05, 4.69) is 4.74 Å². The number of ether oxygens (including phenoxy) is 1. The molecular formula is C16H15NO6. The molecule has 23 heavy (non-hydrogen) atoms. The topological polar surface area (TPSA) is 127 Å². The molecule has 0 heterocycles. The third-order valence-electron chi connectivity index (χ3n) is 2.53. The molecule has 0 aliphatic rings. The quantitative estimate of drug-likeness (QED) is 0.570. The van der Waals surface area contributed by atoms with E-state index >= 15 is 0 Å². The molecule has 0 bridgehead atoms. The number of carbonyl (C=O) groups is 3. The van der Waals surface area contributed by atoms with Gasteiger partial charge in [-0.15, -0.1) is 0 Å². The highest BCUT2D eigenvalue weighted by Gasteiger charge is 2.13. The Hall–Kier alpha value is -3.35. The second-order valence-electron chi connectivity index (χ2n) is 4.28. The highest BCUT2D eigenvalue weighted by atomic mass is 16.6. The molecule has 7 nitrogen and oxygen atoms in total. The van der Waals surface area contributed by atoms with Gasteiger partial charge >= 0.3 is 11.9 Å². The van der Waals surface area contributed by atoms with E-state index in [0.29, 0.717) is 0 Å². The van der Waals surface area contributed by atoms with E-state index in [9.17, 15) is 19.5 Å². The molecule has 1 amide bonds. The molecule has 0 radical (unpaired) electrons. The Bertz CT molecular complexity index is 726. The van der Waals surface area contributed by atoms with Gasteiger partial charge in [0, 0.05) is 6.92 Å². The molecule has 2 rings (SSSR count). The molecule has 0 fully saturated rings. The Morgan fingerprint density at radius 3 is 1.65 bits per heavy atom. The van der Waals surface area contributed by atoms with Gasteiger partial charge < -0.3 is 20.7 Å². The number of primary amides is 1. The molecule has 0 aromatic heterocycles. The standard InChI is InChI=1S/C9H8O4.C7H7NO2/c1-6(10)13-9(12)7-4-2-3-5-8(7)11;8-7(10)5-3-1-2-4-6(5)9/h2-5,11H,1H3;1-4,9H,(H2,8,10). The average molecular weight is 317 g/mol. The normalized spacial score (nSPS) is 9.26. The van der Waals surface area contributed by atoms with Crippen molar-refractivity contribution in [1.29, 1.82) is 0 Å². The Morgan fingerprint density at radius 2 is 1.30 bits per heavy atom. The lowest BCUT2D eigenvalue weighted by Gasteiger charge is -2.01. The van der Waals surface area contributed by atoms with Crippen LogP contribution in [0.4, 0.5) is 0 Å². The summed E-state index contributed by atoms with van der Waals surface area (Å²) in [7, 11) is 0.